The molecule has 3 amide bonds. The van der Waals surface area contributed by atoms with E-state index in [1.54, 1.807) is 31.2 Å². The average molecular weight is 383 g/mol. The Balaban J connectivity index is 1.75. The van der Waals surface area contributed by atoms with E-state index in [4.69, 9.17) is 21.1 Å². The molecule has 2 rings (SSSR count). The minimum absolute atomic E-state index is 0.0121. The van der Waals surface area contributed by atoms with Crippen molar-refractivity contribution in [3.63, 3.8) is 0 Å². The van der Waals surface area contributed by atoms with Gasteiger partial charge in [-0.2, -0.15) is 0 Å². The first kappa shape index (κ1) is 20.0. The van der Waals surface area contributed by atoms with Crippen LogP contribution in [0.1, 0.15) is 33.1 Å². The van der Waals surface area contributed by atoms with Gasteiger partial charge in [0.2, 0.25) is 0 Å². The molecule has 0 saturated carbocycles. The summed E-state index contributed by atoms with van der Waals surface area (Å²) < 4.78 is 10.4. The molecule has 1 aliphatic heterocycles. The van der Waals surface area contributed by atoms with E-state index in [2.05, 4.69) is 5.32 Å². The topological polar surface area (TPSA) is 84.9 Å². The second-order valence-electron chi connectivity index (χ2n) is 6.28. The minimum atomic E-state index is -0.953. The van der Waals surface area contributed by atoms with E-state index in [0.717, 1.165) is 17.7 Å². The molecule has 1 saturated heterocycles. The molecule has 8 heteroatoms. The Morgan fingerprint density at radius 3 is 2.58 bits per heavy atom. The average Bonchev–Trinajstić information content (AvgIpc) is 2.82. The van der Waals surface area contributed by atoms with Crippen LogP contribution in [-0.2, 0) is 14.3 Å². The van der Waals surface area contributed by atoms with Gasteiger partial charge in [0.25, 0.3) is 5.91 Å². The van der Waals surface area contributed by atoms with E-state index < -0.39 is 30.0 Å². The molecular formula is C18H23ClN2O5. The molecule has 0 radical (unpaired) electrons. The Bertz CT molecular complexity index is 664. The number of nitrogens with one attached hydrogen (secondary N) is 1. The van der Waals surface area contributed by atoms with Gasteiger partial charge in [-0.3, -0.25) is 14.5 Å². The Labute approximate surface area is 157 Å². The number of imide groups is 1. The first-order valence-electron chi connectivity index (χ1n) is 8.54. The van der Waals surface area contributed by atoms with Crippen LogP contribution in [0, 0.1) is 0 Å². The summed E-state index contributed by atoms with van der Waals surface area (Å²) in [6.45, 7) is 3.44. The fourth-order valence-corrected chi connectivity index (χ4v) is 2.74. The molecule has 0 spiro atoms. The van der Waals surface area contributed by atoms with Gasteiger partial charge in [-0.25, -0.2) is 4.79 Å². The van der Waals surface area contributed by atoms with Crippen molar-refractivity contribution in [1.82, 2.24) is 10.2 Å². The second-order valence-corrected chi connectivity index (χ2v) is 6.72. The molecule has 0 bridgehead atoms. The van der Waals surface area contributed by atoms with Gasteiger partial charge in [-0.05, 0) is 37.6 Å². The smallest absolute Gasteiger partial charge is 0.326 e. The van der Waals surface area contributed by atoms with Gasteiger partial charge < -0.3 is 14.8 Å². The summed E-state index contributed by atoms with van der Waals surface area (Å²) in [5.41, 5.74) is -0.953. The summed E-state index contributed by atoms with van der Waals surface area (Å²) in [6, 6.07) is 6.22. The van der Waals surface area contributed by atoms with Crippen LogP contribution in [0.25, 0.3) is 0 Å². The highest BCUT2D eigenvalue weighted by Crippen LogP contribution is 2.23. The highest BCUT2D eigenvalue weighted by atomic mass is 35.5. The third kappa shape index (κ3) is 5.11. The van der Waals surface area contributed by atoms with E-state index in [9.17, 15) is 14.4 Å². The fourth-order valence-electron chi connectivity index (χ4n) is 2.61. The number of rotatable bonds is 9. The molecule has 7 nitrogen and oxygen atoms in total. The predicted molar refractivity (Wildman–Crippen MR) is 96.1 cm³/mol. The lowest BCUT2D eigenvalue weighted by Gasteiger charge is -2.21. The van der Waals surface area contributed by atoms with Crippen molar-refractivity contribution in [2.45, 2.75) is 38.6 Å². The summed E-state index contributed by atoms with van der Waals surface area (Å²) in [5.74, 6) is -0.454. The number of urea groups is 1. The third-order valence-corrected chi connectivity index (χ3v) is 4.34. The minimum Gasteiger partial charge on any atom is -0.490 e. The molecule has 1 atom stereocenters. The van der Waals surface area contributed by atoms with E-state index in [1.165, 1.54) is 0 Å². The molecule has 1 aromatic rings. The molecule has 26 heavy (non-hydrogen) atoms. The van der Waals surface area contributed by atoms with Crippen molar-refractivity contribution in [3.8, 4) is 5.75 Å². The maximum absolute atomic E-state index is 12.4. The van der Waals surface area contributed by atoms with Crippen LogP contribution in [-0.4, -0.2) is 48.1 Å². The van der Waals surface area contributed by atoms with Crippen molar-refractivity contribution in [2.24, 2.45) is 0 Å². The lowest BCUT2D eigenvalue weighted by atomic mass is 9.95. The molecule has 0 unspecified atom stereocenters. The number of halogens is 1. The highest BCUT2D eigenvalue weighted by molar-refractivity contribution is 6.30. The van der Waals surface area contributed by atoms with E-state index in [-0.39, 0.29) is 13.2 Å². The van der Waals surface area contributed by atoms with Crippen molar-refractivity contribution in [3.05, 3.63) is 29.3 Å². The second kappa shape index (κ2) is 8.89. The van der Waals surface area contributed by atoms with E-state index >= 15 is 0 Å². The number of benzene rings is 1. The molecule has 0 aliphatic carbocycles. The molecular weight excluding hydrogens is 360 g/mol. The lowest BCUT2D eigenvalue weighted by Crippen LogP contribution is -2.44. The van der Waals surface area contributed by atoms with Crippen LogP contribution in [0.5, 0.6) is 5.75 Å². The number of hydrogen-bond donors (Lipinski definition) is 1. The zero-order chi connectivity index (χ0) is 19.2. The molecule has 0 aromatic heterocycles. The molecule has 1 aromatic carbocycles. The zero-order valence-corrected chi connectivity index (χ0v) is 15.7. The maximum Gasteiger partial charge on any atom is 0.326 e. The summed E-state index contributed by atoms with van der Waals surface area (Å²) in [4.78, 5) is 37.2. The van der Waals surface area contributed by atoms with Crippen LogP contribution >= 0.6 is 11.6 Å². The summed E-state index contributed by atoms with van der Waals surface area (Å²) in [5, 5.41) is 3.26. The van der Waals surface area contributed by atoms with Crippen LogP contribution in [0.4, 0.5) is 4.79 Å². The van der Waals surface area contributed by atoms with Crippen molar-refractivity contribution in [2.75, 3.05) is 19.8 Å². The van der Waals surface area contributed by atoms with Gasteiger partial charge in [0.15, 0.2) is 0 Å². The highest BCUT2D eigenvalue weighted by Gasteiger charge is 2.47. The number of amides is 3. The van der Waals surface area contributed by atoms with Crippen LogP contribution in [0.3, 0.4) is 0 Å². The molecule has 1 heterocycles. The van der Waals surface area contributed by atoms with Crippen molar-refractivity contribution in [1.29, 1.82) is 0 Å². The quantitative estimate of drug-likeness (QED) is 0.403. The number of nitrogens with zero attached hydrogens (tertiary/aromatic N) is 1. The van der Waals surface area contributed by atoms with Gasteiger partial charge in [0.1, 0.15) is 31.0 Å². The molecule has 1 N–H and O–H groups in total. The normalized spacial score (nSPS) is 19.4. The van der Waals surface area contributed by atoms with Gasteiger partial charge in [0, 0.05) is 5.02 Å². The Morgan fingerprint density at radius 2 is 1.92 bits per heavy atom. The Morgan fingerprint density at radius 1 is 1.23 bits per heavy atom. The number of carbonyl (C=O) groups excluding carboxylic acids is 3. The molecule has 1 aliphatic rings. The Kier molecular flexibility index (Phi) is 6.85. The van der Waals surface area contributed by atoms with Gasteiger partial charge in [-0.15, -0.1) is 0 Å². The van der Waals surface area contributed by atoms with Crippen LogP contribution < -0.4 is 10.1 Å². The number of unbranched alkanes of at least 4 members (excludes halogenated alkanes) is 1. The zero-order valence-electron chi connectivity index (χ0n) is 14.9. The SMILES string of the molecule is CCCC[C@@]1(C)NC(=O)N(CC(=O)OCCOc2ccc(Cl)cc2)C1=O. The number of ether oxygens (including phenoxy) is 2. The largest absolute Gasteiger partial charge is 0.490 e. The lowest BCUT2D eigenvalue weighted by molar-refractivity contribution is -0.148. The van der Waals surface area contributed by atoms with Gasteiger partial charge in [-0.1, -0.05) is 31.4 Å². The summed E-state index contributed by atoms with van der Waals surface area (Å²) in [7, 11) is 0. The summed E-state index contributed by atoms with van der Waals surface area (Å²) in [6.07, 6.45) is 2.26. The number of carbonyl (C=O) groups is 3. The first-order chi connectivity index (χ1) is 12.4. The molecule has 1 fully saturated rings. The van der Waals surface area contributed by atoms with Crippen molar-refractivity contribution < 1.29 is 23.9 Å². The first-order valence-corrected chi connectivity index (χ1v) is 8.91. The predicted octanol–water partition coefficient (Wildman–Crippen LogP) is 2.76. The van der Waals surface area contributed by atoms with Gasteiger partial charge >= 0.3 is 12.0 Å². The number of hydrogen-bond acceptors (Lipinski definition) is 5. The van der Waals surface area contributed by atoms with Crippen LogP contribution in [0.2, 0.25) is 5.02 Å². The number of esters is 1. The standard InChI is InChI=1S/C18H23ClN2O5/c1-3-4-9-18(2)16(23)21(17(24)20-18)12-15(22)26-11-10-25-14-7-5-13(19)6-8-14/h5-8H,3-4,9-12H2,1-2H3,(H,20,24)/t18-/m1/s1. The fraction of sp³-hybridized carbons (Fsp3) is 0.500. The van der Waals surface area contributed by atoms with E-state index in [0.29, 0.717) is 17.2 Å². The Hall–Kier alpha value is -2.28. The maximum atomic E-state index is 12.4. The van der Waals surface area contributed by atoms with Crippen LogP contribution in [0.15, 0.2) is 24.3 Å². The third-order valence-electron chi connectivity index (χ3n) is 4.09. The van der Waals surface area contributed by atoms with E-state index in [1.807, 2.05) is 6.92 Å². The van der Waals surface area contributed by atoms with Gasteiger partial charge in [0.05, 0.1) is 0 Å². The van der Waals surface area contributed by atoms with Crippen molar-refractivity contribution >= 4 is 29.5 Å². The summed E-state index contributed by atoms with van der Waals surface area (Å²) >= 11 is 5.78. The monoisotopic (exact) mass is 382 g/mol. The molecule has 142 valence electrons.